The Labute approximate surface area is 118 Å². The molecule has 2 N–H and O–H groups in total. The highest BCUT2D eigenvalue weighted by molar-refractivity contribution is 9.10. The van der Waals surface area contributed by atoms with Crippen LogP contribution in [0.2, 0.25) is 5.02 Å². The summed E-state index contributed by atoms with van der Waals surface area (Å²) in [4.78, 5) is 0. The van der Waals surface area contributed by atoms with Gasteiger partial charge in [-0.05, 0) is 30.5 Å². The van der Waals surface area contributed by atoms with Crippen molar-refractivity contribution < 1.29 is 0 Å². The topological polar surface area (TPSA) is 56.7 Å². The van der Waals surface area contributed by atoms with Crippen molar-refractivity contribution in [2.45, 2.75) is 25.3 Å². The molecule has 1 saturated carbocycles. The number of anilines is 1. The van der Waals surface area contributed by atoms with Crippen LogP contribution in [0.4, 0.5) is 5.82 Å². The Morgan fingerprint density at radius 2 is 2.22 bits per heavy atom. The number of nitrogen functional groups attached to an aromatic ring is 1. The fourth-order valence-electron chi connectivity index (χ4n) is 2.04. The fraction of sp³-hybridized carbons (Fsp3) is 0.333. The molecule has 0 saturated heterocycles. The first-order valence-corrected chi connectivity index (χ1v) is 6.95. The average molecular weight is 328 g/mol. The Morgan fingerprint density at radius 1 is 1.44 bits per heavy atom. The van der Waals surface area contributed by atoms with Gasteiger partial charge in [-0.15, -0.1) is 5.10 Å². The van der Waals surface area contributed by atoms with E-state index in [0.29, 0.717) is 18.3 Å². The molecule has 1 fully saturated rings. The molecule has 0 aliphatic heterocycles. The van der Waals surface area contributed by atoms with Crippen molar-refractivity contribution in [3.05, 3.63) is 39.0 Å². The van der Waals surface area contributed by atoms with Gasteiger partial charge in [0.15, 0.2) is 5.82 Å². The summed E-state index contributed by atoms with van der Waals surface area (Å²) >= 11 is 9.61. The van der Waals surface area contributed by atoms with E-state index < -0.39 is 0 Å². The summed E-state index contributed by atoms with van der Waals surface area (Å²) in [6.07, 6.45) is 2.34. The number of hydrogen-bond acceptors (Lipinski definition) is 3. The van der Waals surface area contributed by atoms with Gasteiger partial charge in [-0.2, -0.15) is 0 Å². The number of hydrogen-bond donors (Lipinski definition) is 1. The zero-order valence-electron chi connectivity index (χ0n) is 9.61. The maximum absolute atomic E-state index is 6.21. The summed E-state index contributed by atoms with van der Waals surface area (Å²) in [5.41, 5.74) is 7.93. The van der Waals surface area contributed by atoms with Gasteiger partial charge in [0.2, 0.25) is 0 Å². The summed E-state index contributed by atoms with van der Waals surface area (Å²) in [7, 11) is 0. The van der Waals surface area contributed by atoms with Crippen LogP contribution >= 0.6 is 27.5 Å². The predicted molar refractivity (Wildman–Crippen MR) is 74.7 cm³/mol. The zero-order chi connectivity index (χ0) is 12.7. The molecular weight excluding hydrogens is 316 g/mol. The van der Waals surface area contributed by atoms with Crippen LogP contribution in [0.15, 0.2) is 22.7 Å². The van der Waals surface area contributed by atoms with E-state index in [-0.39, 0.29) is 0 Å². The number of aromatic nitrogens is 3. The van der Waals surface area contributed by atoms with E-state index in [1.807, 2.05) is 22.9 Å². The minimum absolute atomic E-state index is 0.522. The van der Waals surface area contributed by atoms with Crippen LogP contribution in [0.5, 0.6) is 0 Å². The minimum atomic E-state index is 0.522. The van der Waals surface area contributed by atoms with Crippen LogP contribution < -0.4 is 5.73 Å². The molecular formula is C12H12BrClN4. The third-order valence-corrected chi connectivity index (χ3v) is 3.95. The first kappa shape index (κ1) is 12.0. The number of halogens is 2. The van der Waals surface area contributed by atoms with E-state index in [0.717, 1.165) is 20.8 Å². The van der Waals surface area contributed by atoms with E-state index in [2.05, 4.69) is 26.2 Å². The Balaban J connectivity index is 1.92. The highest BCUT2D eigenvalue weighted by Crippen LogP contribution is 2.42. The summed E-state index contributed by atoms with van der Waals surface area (Å²) in [5.74, 6) is 1.07. The van der Waals surface area contributed by atoms with Gasteiger partial charge < -0.3 is 5.73 Å². The van der Waals surface area contributed by atoms with Crippen LogP contribution in [0.1, 0.15) is 30.0 Å². The molecule has 3 rings (SSSR count). The van der Waals surface area contributed by atoms with Crippen molar-refractivity contribution >= 4 is 33.3 Å². The molecule has 0 unspecified atom stereocenters. The molecule has 1 heterocycles. The highest BCUT2D eigenvalue weighted by Gasteiger charge is 2.30. The molecule has 0 atom stereocenters. The molecule has 0 amide bonds. The van der Waals surface area contributed by atoms with E-state index in [9.17, 15) is 0 Å². The zero-order valence-corrected chi connectivity index (χ0v) is 11.9. The quantitative estimate of drug-likeness (QED) is 0.942. The van der Waals surface area contributed by atoms with Gasteiger partial charge in [0, 0.05) is 15.4 Å². The van der Waals surface area contributed by atoms with Crippen LogP contribution in [0.25, 0.3) is 0 Å². The van der Waals surface area contributed by atoms with Gasteiger partial charge >= 0.3 is 0 Å². The number of nitrogens with two attached hydrogens (primary N) is 1. The lowest BCUT2D eigenvalue weighted by molar-refractivity contribution is 0.619. The normalized spacial score (nSPS) is 15.0. The molecule has 0 radical (unpaired) electrons. The molecule has 18 heavy (non-hydrogen) atoms. The third kappa shape index (κ3) is 2.24. The van der Waals surface area contributed by atoms with Crippen LogP contribution in [0, 0.1) is 0 Å². The summed E-state index contributed by atoms with van der Waals surface area (Å²) in [5, 5.41) is 8.79. The second kappa shape index (κ2) is 4.55. The number of benzene rings is 1. The molecule has 4 nitrogen and oxygen atoms in total. The largest absolute Gasteiger partial charge is 0.381 e. The van der Waals surface area contributed by atoms with Gasteiger partial charge in [0.05, 0.1) is 12.2 Å². The highest BCUT2D eigenvalue weighted by atomic mass is 79.9. The van der Waals surface area contributed by atoms with Crippen LogP contribution in [-0.4, -0.2) is 15.0 Å². The minimum Gasteiger partial charge on any atom is -0.381 e. The predicted octanol–water partition coefficient (Wildman–Crippen LogP) is 3.20. The van der Waals surface area contributed by atoms with Gasteiger partial charge in [-0.3, -0.25) is 0 Å². The van der Waals surface area contributed by atoms with Crippen molar-refractivity contribution in [1.29, 1.82) is 0 Å². The van der Waals surface area contributed by atoms with E-state index in [4.69, 9.17) is 17.3 Å². The maximum atomic E-state index is 6.21. The first-order chi connectivity index (χ1) is 8.65. The molecule has 94 valence electrons. The van der Waals surface area contributed by atoms with E-state index in [1.165, 1.54) is 12.8 Å². The molecule has 1 aliphatic rings. The monoisotopic (exact) mass is 326 g/mol. The molecule has 1 aliphatic carbocycles. The Kier molecular flexibility index (Phi) is 3.03. The van der Waals surface area contributed by atoms with E-state index >= 15 is 0 Å². The van der Waals surface area contributed by atoms with Crippen LogP contribution in [-0.2, 0) is 6.54 Å². The van der Waals surface area contributed by atoms with Gasteiger partial charge in [0.25, 0.3) is 0 Å². The molecule has 6 heteroatoms. The number of rotatable bonds is 3. The second-order valence-electron chi connectivity index (χ2n) is 4.53. The first-order valence-electron chi connectivity index (χ1n) is 5.78. The smallest absolute Gasteiger partial charge is 0.169 e. The summed E-state index contributed by atoms with van der Waals surface area (Å²) in [6.45, 7) is 0.613. The van der Waals surface area contributed by atoms with E-state index in [1.54, 1.807) is 0 Å². The number of nitrogens with zero attached hydrogens (tertiary/aromatic N) is 3. The molecule has 0 bridgehead atoms. The summed E-state index contributed by atoms with van der Waals surface area (Å²) < 4.78 is 2.83. The lowest BCUT2D eigenvalue weighted by Gasteiger charge is -2.08. The lowest BCUT2D eigenvalue weighted by atomic mass is 10.2. The van der Waals surface area contributed by atoms with Crippen molar-refractivity contribution in [3.8, 4) is 0 Å². The molecule has 0 spiro atoms. The molecule has 1 aromatic carbocycles. The Bertz CT molecular complexity index is 592. The second-order valence-corrected chi connectivity index (χ2v) is 5.85. The maximum Gasteiger partial charge on any atom is 0.169 e. The summed E-state index contributed by atoms with van der Waals surface area (Å²) in [6, 6.07) is 5.84. The van der Waals surface area contributed by atoms with Crippen molar-refractivity contribution in [2.75, 3.05) is 5.73 Å². The van der Waals surface area contributed by atoms with Gasteiger partial charge in [-0.1, -0.05) is 38.8 Å². The van der Waals surface area contributed by atoms with Gasteiger partial charge in [-0.25, -0.2) is 4.68 Å². The van der Waals surface area contributed by atoms with Crippen LogP contribution in [0.3, 0.4) is 0 Å². The Hall–Kier alpha value is -1.07. The lowest BCUT2D eigenvalue weighted by Crippen LogP contribution is -2.07. The molecule has 2 aromatic rings. The van der Waals surface area contributed by atoms with Crippen molar-refractivity contribution in [3.63, 3.8) is 0 Å². The third-order valence-electron chi connectivity index (χ3n) is 3.10. The SMILES string of the molecule is Nc1nnn(Cc2ccc(Br)cc2Cl)c1C1CC1. The van der Waals surface area contributed by atoms with Crippen molar-refractivity contribution in [1.82, 2.24) is 15.0 Å². The van der Waals surface area contributed by atoms with Crippen molar-refractivity contribution in [2.24, 2.45) is 0 Å². The Morgan fingerprint density at radius 3 is 2.89 bits per heavy atom. The standard InChI is InChI=1S/C12H12BrClN4/c13-9-4-3-8(10(14)5-9)6-18-11(7-1-2-7)12(15)16-17-18/h3-5,7H,1-2,6,15H2. The average Bonchev–Trinajstić information content (AvgIpc) is 3.08. The van der Waals surface area contributed by atoms with Gasteiger partial charge in [0.1, 0.15) is 0 Å². The molecule has 1 aromatic heterocycles. The fourth-order valence-corrected chi connectivity index (χ4v) is 2.77.